The number of aryl methyl sites for hydroxylation is 1. The van der Waals surface area contributed by atoms with Gasteiger partial charge in [0.25, 0.3) is 11.8 Å². The molecule has 0 aromatic heterocycles. The van der Waals surface area contributed by atoms with Gasteiger partial charge in [-0.15, -0.1) is 0 Å². The minimum absolute atomic E-state index is 0.273. The van der Waals surface area contributed by atoms with E-state index in [1.807, 2.05) is 56.3 Å². The highest BCUT2D eigenvalue weighted by Gasteiger charge is 2.16. The molecule has 0 heterocycles. The first-order valence-corrected chi connectivity index (χ1v) is 9.19. The van der Waals surface area contributed by atoms with Gasteiger partial charge in [-0.1, -0.05) is 42.5 Å². The molecule has 1 atom stereocenters. The van der Waals surface area contributed by atoms with Crippen molar-refractivity contribution in [1.82, 2.24) is 16.2 Å². The molecule has 2 aromatic carbocycles. The van der Waals surface area contributed by atoms with Crippen molar-refractivity contribution >= 4 is 23.8 Å². The second-order valence-corrected chi connectivity index (χ2v) is 6.46. The lowest BCUT2D eigenvalue weighted by molar-refractivity contribution is -0.132. The average Bonchev–Trinajstić information content (AvgIpc) is 2.72. The third-order valence-corrected chi connectivity index (χ3v) is 4.20. The summed E-state index contributed by atoms with van der Waals surface area (Å²) in [6.45, 7) is 5.17. The van der Waals surface area contributed by atoms with E-state index in [0.717, 1.165) is 16.7 Å². The molecule has 2 aromatic rings. The second-order valence-electron chi connectivity index (χ2n) is 6.46. The highest BCUT2D eigenvalue weighted by atomic mass is 16.5. The van der Waals surface area contributed by atoms with E-state index in [-0.39, 0.29) is 6.54 Å². The van der Waals surface area contributed by atoms with Gasteiger partial charge in [-0.2, -0.15) is 0 Å². The first-order valence-electron chi connectivity index (χ1n) is 9.19. The summed E-state index contributed by atoms with van der Waals surface area (Å²) >= 11 is 0. The van der Waals surface area contributed by atoms with Gasteiger partial charge in [0, 0.05) is 6.08 Å². The normalized spacial score (nSPS) is 11.6. The molecule has 7 nitrogen and oxygen atoms in total. The van der Waals surface area contributed by atoms with Crippen LogP contribution in [0, 0.1) is 13.8 Å². The van der Waals surface area contributed by atoms with Crippen molar-refractivity contribution < 1.29 is 19.1 Å². The highest BCUT2D eigenvalue weighted by Crippen LogP contribution is 2.21. The number of carbonyl (C=O) groups is 3. The zero-order valence-corrected chi connectivity index (χ0v) is 16.7. The summed E-state index contributed by atoms with van der Waals surface area (Å²) in [7, 11) is 0. The Labute approximate surface area is 170 Å². The van der Waals surface area contributed by atoms with Gasteiger partial charge in [0.1, 0.15) is 5.75 Å². The predicted molar refractivity (Wildman–Crippen MR) is 111 cm³/mol. The maximum absolute atomic E-state index is 12.1. The third-order valence-electron chi connectivity index (χ3n) is 4.20. The summed E-state index contributed by atoms with van der Waals surface area (Å²) in [5.41, 5.74) is 7.41. The Morgan fingerprint density at radius 1 is 1.00 bits per heavy atom. The lowest BCUT2D eigenvalue weighted by atomic mass is 10.1. The van der Waals surface area contributed by atoms with Crippen LogP contribution < -0.4 is 20.9 Å². The van der Waals surface area contributed by atoms with Gasteiger partial charge in [0.05, 0.1) is 6.54 Å². The molecule has 0 aliphatic rings. The Hall–Kier alpha value is -3.61. The Bertz CT molecular complexity index is 894. The summed E-state index contributed by atoms with van der Waals surface area (Å²) < 4.78 is 5.65. The standard InChI is InChI=1S/C22H25N3O4/c1-15-8-7-11-19(16(15)2)29-17(3)22(28)25-24-21(27)14-23-20(26)13-12-18-9-5-4-6-10-18/h4-13,17H,14H2,1-3H3,(H,23,26)(H,24,27)(H,25,28)/b13-12+/t17-/m1/s1. The number of nitrogens with one attached hydrogen (secondary N) is 3. The van der Waals surface area contributed by atoms with Crippen LogP contribution in [0.15, 0.2) is 54.6 Å². The molecule has 2 rings (SSSR count). The number of benzene rings is 2. The van der Waals surface area contributed by atoms with Crippen LogP contribution in [0.5, 0.6) is 5.75 Å². The maximum atomic E-state index is 12.1. The molecule has 3 amide bonds. The topological polar surface area (TPSA) is 96.5 Å². The molecule has 0 saturated heterocycles. The first kappa shape index (κ1) is 21.7. The van der Waals surface area contributed by atoms with Gasteiger partial charge in [-0.3, -0.25) is 25.2 Å². The van der Waals surface area contributed by atoms with Crippen molar-refractivity contribution in [2.45, 2.75) is 26.9 Å². The quantitative estimate of drug-likeness (QED) is 0.494. The van der Waals surface area contributed by atoms with Crippen molar-refractivity contribution in [3.63, 3.8) is 0 Å². The van der Waals surface area contributed by atoms with E-state index in [0.29, 0.717) is 5.75 Å². The van der Waals surface area contributed by atoms with Crippen LogP contribution in [-0.2, 0) is 14.4 Å². The Kier molecular flexibility index (Phi) is 7.97. The van der Waals surface area contributed by atoms with Crippen LogP contribution in [0.2, 0.25) is 0 Å². The molecule has 3 N–H and O–H groups in total. The van der Waals surface area contributed by atoms with Crippen LogP contribution in [0.4, 0.5) is 0 Å². The van der Waals surface area contributed by atoms with E-state index in [1.165, 1.54) is 6.08 Å². The number of amides is 3. The van der Waals surface area contributed by atoms with E-state index in [4.69, 9.17) is 4.74 Å². The fourth-order valence-corrected chi connectivity index (χ4v) is 2.34. The molecule has 0 radical (unpaired) electrons. The maximum Gasteiger partial charge on any atom is 0.279 e. The Morgan fingerprint density at radius 3 is 2.45 bits per heavy atom. The van der Waals surface area contributed by atoms with Crippen LogP contribution in [0.25, 0.3) is 6.08 Å². The van der Waals surface area contributed by atoms with E-state index in [2.05, 4.69) is 16.2 Å². The van der Waals surface area contributed by atoms with Gasteiger partial charge in [-0.05, 0) is 49.6 Å². The molecule has 29 heavy (non-hydrogen) atoms. The fourth-order valence-electron chi connectivity index (χ4n) is 2.34. The van der Waals surface area contributed by atoms with Crippen molar-refractivity contribution in [2.24, 2.45) is 0 Å². The molecule has 7 heteroatoms. The molecular weight excluding hydrogens is 370 g/mol. The molecule has 152 valence electrons. The second kappa shape index (κ2) is 10.7. The lowest BCUT2D eigenvalue weighted by Crippen LogP contribution is -2.49. The number of hydrogen-bond donors (Lipinski definition) is 3. The highest BCUT2D eigenvalue weighted by molar-refractivity contribution is 5.94. The van der Waals surface area contributed by atoms with Crippen molar-refractivity contribution in [3.05, 3.63) is 71.3 Å². The van der Waals surface area contributed by atoms with Crippen LogP contribution in [-0.4, -0.2) is 30.4 Å². The summed E-state index contributed by atoms with van der Waals surface area (Å²) in [6, 6.07) is 14.9. The molecule has 0 spiro atoms. The smallest absolute Gasteiger partial charge is 0.279 e. The van der Waals surface area contributed by atoms with E-state index < -0.39 is 23.8 Å². The number of hydrogen-bond acceptors (Lipinski definition) is 4. The minimum Gasteiger partial charge on any atom is -0.481 e. The SMILES string of the molecule is Cc1cccc(O[C@H](C)C(=O)NNC(=O)CNC(=O)/C=C/c2ccccc2)c1C. The molecule has 0 unspecified atom stereocenters. The van der Waals surface area contributed by atoms with E-state index >= 15 is 0 Å². The Morgan fingerprint density at radius 2 is 1.72 bits per heavy atom. The largest absolute Gasteiger partial charge is 0.481 e. The van der Waals surface area contributed by atoms with Crippen molar-refractivity contribution in [3.8, 4) is 5.75 Å². The summed E-state index contributed by atoms with van der Waals surface area (Å²) in [6.07, 6.45) is 2.17. The molecule has 0 aliphatic carbocycles. The minimum atomic E-state index is -0.806. The molecule has 0 fully saturated rings. The van der Waals surface area contributed by atoms with Gasteiger partial charge >= 0.3 is 0 Å². The lowest BCUT2D eigenvalue weighted by Gasteiger charge is -2.17. The van der Waals surface area contributed by atoms with Gasteiger partial charge in [0.2, 0.25) is 5.91 Å². The zero-order valence-electron chi connectivity index (χ0n) is 16.7. The zero-order chi connectivity index (χ0) is 21.2. The number of hydrazine groups is 1. The van der Waals surface area contributed by atoms with Crippen molar-refractivity contribution in [1.29, 1.82) is 0 Å². The van der Waals surface area contributed by atoms with Crippen LogP contribution in [0.3, 0.4) is 0 Å². The third kappa shape index (κ3) is 7.14. The van der Waals surface area contributed by atoms with E-state index in [9.17, 15) is 14.4 Å². The van der Waals surface area contributed by atoms with Crippen LogP contribution in [0.1, 0.15) is 23.6 Å². The summed E-state index contributed by atoms with van der Waals surface area (Å²) in [4.78, 5) is 35.6. The molecule has 0 bridgehead atoms. The average molecular weight is 395 g/mol. The monoisotopic (exact) mass is 395 g/mol. The number of rotatable bonds is 7. The Balaban J connectivity index is 1.72. The summed E-state index contributed by atoms with van der Waals surface area (Å²) in [5.74, 6) is -0.869. The van der Waals surface area contributed by atoms with Crippen molar-refractivity contribution in [2.75, 3.05) is 6.54 Å². The number of carbonyl (C=O) groups excluding carboxylic acids is 3. The van der Waals surface area contributed by atoms with Gasteiger partial charge < -0.3 is 10.1 Å². The first-order chi connectivity index (χ1) is 13.9. The van der Waals surface area contributed by atoms with E-state index in [1.54, 1.807) is 19.1 Å². The molecular formula is C22H25N3O4. The fraction of sp³-hybridized carbons (Fsp3) is 0.227. The van der Waals surface area contributed by atoms with Crippen LogP contribution >= 0.6 is 0 Å². The molecule has 0 saturated carbocycles. The van der Waals surface area contributed by atoms with Gasteiger partial charge in [0.15, 0.2) is 6.10 Å². The predicted octanol–water partition coefficient (Wildman–Crippen LogP) is 2.05. The number of ether oxygens (including phenoxy) is 1. The molecule has 0 aliphatic heterocycles. The summed E-state index contributed by atoms with van der Waals surface area (Å²) in [5, 5.41) is 2.44. The van der Waals surface area contributed by atoms with Gasteiger partial charge in [-0.25, -0.2) is 0 Å².